The predicted octanol–water partition coefficient (Wildman–Crippen LogP) is -1.94. The largest absolute Gasteiger partial charge is 0.394 e. The maximum Gasteiger partial charge on any atom is 0.189 e. The molecule has 3 saturated heterocycles. The van der Waals surface area contributed by atoms with E-state index in [4.69, 9.17) is 40.9 Å². The van der Waals surface area contributed by atoms with Crippen molar-refractivity contribution < 1.29 is 54.3 Å². The van der Waals surface area contributed by atoms with Gasteiger partial charge in [0.25, 0.3) is 0 Å². The van der Waals surface area contributed by atoms with Gasteiger partial charge in [0.15, 0.2) is 18.9 Å². The number of nitrogens with one attached hydrogen (secondary N) is 2. The molecule has 0 spiro atoms. The SMILES string of the molecule is CNC1C(OC2OC(CO)C(N)C(O)C2O)OC2CC(N)C(OC3C(N)CC(N/C=C(\C)CC/C=C(\C)CCC=C(C)C)C(O)C3O)OC2C1O. The first kappa shape index (κ1) is 42.2. The zero-order valence-electron chi connectivity index (χ0n) is 30.5. The van der Waals surface area contributed by atoms with Crippen molar-refractivity contribution in [3.8, 4) is 0 Å². The summed E-state index contributed by atoms with van der Waals surface area (Å²) in [5.74, 6) is 0. The van der Waals surface area contributed by atoms with E-state index in [1.807, 2.05) is 13.1 Å². The summed E-state index contributed by atoms with van der Waals surface area (Å²) in [4.78, 5) is 0. The molecule has 14 N–H and O–H groups in total. The molecule has 51 heavy (non-hydrogen) atoms. The summed E-state index contributed by atoms with van der Waals surface area (Å²) < 4.78 is 29.8. The number of allylic oxidation sites excluding steroid dienone is 5. The highest BCUT2D eigenvalue weighted by Crippen LogP contribution is 2.35. The minimum Gasteiger partial charge on any atom is -0.394 e. The smallest absolute Gasteiger partial charge is 0.189 e. The Morgan fingerprint density at radius 3 is 2.10 bits per heavy atom. The molecule has 3 heterocycles. The number of likely N-dealkylation sites (N-methyl/N-ethyl adjacent to an activating group) is 1. The lowest BCUT2D eigenvalue weighted by molar-refractivity contribution is -0.373. The Kier molecular flexibility index (Phi) is 15.8. The first-order valence-corrected chi connectivity index (χ1v) is 18.1. The number of rotatable bonds is 14. The van der Waals surface area contributed by atoms with Gasteiger partial charge in [0.05, 0.1) is 36.9 Å². The van der Waals surface area contributed by atoms with Crippen LogP contribution in [0.5, 0.6) is 0 Å². The van der Waals surface area contributed by atoms with Crippen LogP contribution in [0.4, 0.5) is 0 Å². The zero-order chi connectivity index (χ0) is 37.6. The van der Waals surface area contributed by atoms with Gasteiger partial charge < -0.3 is 82.2 Å². The molecule has 0 amide bonds. The van der Waals surface area contributed by atoms with Crippen LogP contribution in [0.3, 0.4) is 0 Å². The molecule has 1 aliphatic carbocycles. The third-order valence-electron chi connectivity index (χ3n) is 10.4. The van der Waals surface area contributed by atoms with E-state index in [1.54, 1.807) is 7.05 Å². The molecule has 17 atom stereocenters. The Bertz CT molecular complexity index is 1190. The Labute approximate surface area is 301 Å². The van der Waals surface area contributed by atoms with Gasteiger partial charge >= 0.3 is 0 Å². The first-order valence-electron chi connectivity index (χ1n) is 18.1. The van der Waals surface area contributed by atoms with Crippen LogP contribution in [0, 0.1) is 0 Å². The fourth-order valence-corrected chi connectivity index (χ4v) is 7.14. The van der Waals surface area contributed by atoms with E-state index in [2.05, 4.69) is 43.6 Å². The summed E-state index contributed by atoms with van der Waals surface area (Å²) in [5.41, 5.74) is 22.6. The van der Waals surface area contributed by atoms with Gasteiger partial charge in [-0.15, -0.1) is 0 Å². The van der Waals surface area contributed by atoms with E-state index < -0.39 is 111 Å². The molecule has 4 aliphatic rings. The fourth-order valence-electron chi connectivity index (χ4n) is 7.14. The lowest BCUT2D eigenvalue weighted by Gasteiger charge is -2.51. The van der Waals surface area contributed by atoms with E-state index in [0.29, 0.717) is 6.42 Å². The van der Waals surface area contributed by atoms with Crippen molar-refractivity contribution >= 4 is 0 Å². The van der Waals surface area contributed by atoms with E-state index in [-0.39, 0.29) is 6.42 Å². The van der Waals surface area contributed by atoms with Crippen LogP contribution >= 0.6 is 0 Å². The highest BCUT2D eigenvalue weighted by Gasteiger charge is 2.54. The highest BCUT2D eigenvalue weighted by atomic mass is 16.8. The molecule has 0 bridgehead atoms. The molecule has 0 aromatic heterocycles. The molecule has 16 heteroatoms. The second-order valence-corrected chi connectivity index (χ2v) is 14.8. The fraction of sp³-hybridized carbons (Fsp3) is 0.829. The Hall–Kier alpha value is -1.58. The lowest BCUT2D eigenvalue weighted by Crippen LogP contribution is -2.70. The van der Waals surface area contributed by atoms with Crippen molar-refractivity contribution in [3.63, 3.8) is 0 Å². The minimum absolute atomic E-state index is 0.155. The van der Waals surface area contributed by atoms with Gasteiger partial charge in [0.2, 0.25) is 0 Å². The first-order chi connectivity index (χ1) is 24.2. The molecule has 3 aliphatic heterocycles. The van der Waals surface area contributed by atoms with Crippen LogP contribution < -0.4 is 27.8 Å². The quantitative estimate of drug-likeness (QED) is 0.0868. The van der Waals surface area contributed by atoms with Gasteiger partial charge in [0, 0.05) is 6.04 Å². The summed E-state index contributed by atoms with van der Waals surface area (Å²) in [7, 11) is 1.57. The summed E-state index contributed by atoms with van der Waals surface area (Å²) in [6.07, 6.45) is -3.46. The van der Waals surface area contributed by atoms with Crippen LogP contribution in [0.2, 0.25) is 0 Å². The monoisotopic (exact) mass is 729 g/mol. The Balaban J connectivity index is 1.31. The van der Waals surface area contributed by atoms with Crippen molar-refractivity contribution in [3.05, 3.63) is 35.1 Å². The van der Waals surface area contributed by atoms with Gasteiger partial charge in [-0.3, -0.25) is 0 Å². The molecule has 4 rings (SSSR count). The van der Waals surface area contributed by atoms with E-state index in [9.17, 15) is 30.6 Å². The molecule has 1 saturated carbocycles. The van der Waals surface area contributed by atoms with Gasteiger partial charge in [-0.2, -0.15) is 0 Å². The summed E-state index contributed by atoms with van der Waals surface area (Å²) in [5, 5.41) is 70.2. The minimum atomic E-state index is -1.54. The van der Waals surface area contributed by atoms with Crippen LogP contribution in [-0.4, -0.2) is 148 Å². The number of fused-ring (bicyclic) bond motifs is 1. The van der Waals surface area contributed by atoms with Gasteiger partial charge in [-0.25, -0.2) is 0 Å². The Morgan fingerprint density at radius 1 is 0.745 bits per heavy atom. The molecule has 0 aromatic carbocycles. The van der Waals surface area contributed by atoms with Gasteiger partial charge in [-0.05, 0) is 79.5 Å². The molecule has 0 aromatic rings. The number of hydrogen-bond acceptors (Lipinski definition) is 16. The van der Waals surface area contributed by atoms with Crippen molar-refractivity contribution in [1.82, 2.24) is 10.6 Å². The average molecular weight is 730 g/mol. The summed E-state index contributed by atoms with van der Waals surface area (Å²) >= 11 is 0. The van der Waals surface area contributed by atoms with Crippen molar-refractivity contribution in [2.24, 2.45) is 17.2 Å². The maximum absolute atomic E-state index is 11.4. The van der Waals surface area contributed by atoms with Crippen molar-refractivity contribution in [2.75, 3.05) is 13.7 Å². The Morgan fingerprint density at radius 2 is 1.43 bits per heavy atom. The van der Waals surface area contributed by atoms with E-state index in [0.717, 1.165) is 31.3 Å². The van der Waals surface area contributed by atoms with Crippen molar-refractivity contribution in [1.29, 1.82) is 0 Å². The zero-order valence-corrected chi connectivity index (χ0v) is 30.5. The number of hydrogen-bond donors (Lipinski definition) is 11. The van der Waals surface area contributed by atoms with Gasteiger partial charge in [-0.1, -0.05) is 28.9 Å². The standard InChI is InChI=1S/C35H63N5O11/c1-16(2)8-6-9-17(3)10-7-11-18(4)14-40-21-12-19(36)31(29(45)26(21)42)49-33-20(37)13-22-32(50-33)28(44)25(39-5)34(47-22)51-35-30(46)27(43)24(38)23(15-41)48-35/h8,10,14,19-35,39-46H,6-7,9,11-13,15,36-38H2,1-5H3/b17-10+,18-14+. The predicted molar refractivity (Wildman–Crippen MR) is 187 cm³/mol. The van der Waals surface area contributed by atoms with Crippen LogP contribution in [0.15, 0.2) is 35.1 Å². The molecule has 294 valence electrons. The van der Waals surface area contributed by atoms with E-state index >= 15 is 0 Å². The third kappa shape index (κ3) is 10.6. The van der Waals surface area contributed by atoms with Gasteiger partial charge in [0.1, 0.15) is 48.8 Å². The number of aliphatic hydroxyl groups excluding tert-OH is 6. The van der Waals surface area contributed by atoms with E-state index in [1.165, 1.54) is 11.1 Å². The molecule has 4 fully saturated rings. The summed E-state index contributed by atoms with van der Waals surface area (Å²) in [6.45, 7) is 7.86. The van der Waals surface area contributed by atoms with Crippen LogP contribution in [0.1, 0.15) is 66.2 Å². The summed E-state index contributed by atoms with van der Waals surface area (Å²) in [6, 6.07) is -3.88. The lowest BCUT2D eigenvalue weighted by atomic mass is 9.84. The molecule has 0 radical (unpaired) electrons. The number of aliphatic hydroxyl groups is 6. The average Bonchev–Trinajstić information content (AvgIpc) is 3.08. The highest BCUT2D eigenvalue weighted by molar-refractivity contribution is 5.08. The van der Waals surface area contributed by atoms with Crippen LogP contribution in [0.25, 0.3) is 0 Å². The van der Waals surface area contributed by atoms with Crippen LogP contribution in [-0.2, 0) is 23.7 Å². The molecular weight excluding hydrogens is 666 g/mol. The normalized spacial score (nSPS) is 43.8. The maximum atomic E-state index is 11.4. The number of ether oxygens (including phenoxy) is 5. The molecular formula is C35H63N5O11. The molecule has 16 nitrogen and oxygen atoms in total. The molecule has 17 unspecified atom stereocenters. The second kappa shape index (κ2) is 19.1. The van der Waals surface area contributed by atoms with Crippen molar-refractivity contribution in [2.45, 2.75) is 170 Å². The number of nitrogens with two attached hydrogens (primary N) is 3. The topological polar surface area (TPSA) is 270 Å². The second-order valence-electron chi connectivity index (χ2n) is 14.8. The third-order valence-corrected chi connectivity index (χ3v) is 10.4.